The van der Waals surface area contributed by atoms with Gasteiger partial charge in [0.15, 0.2) is 0 Å². The Morgan fingerprint density at radius 1 is 1.07 bits per heavy atom. The molecule has 1 N–H and O–H groups in total. The van der Waals surface area contributed by atoms with Gasteiger partial charge >= 0.3 is 11.9 Å². The van der Waals surface area contributed by atoms with Gasteiger partial charge in [0.2, 0.25) is 5.91 Å². The predicted octanol–water partition coefficient (Wildman–Crippen LogP) is 2.47. The van der Waals surface area contributed by atoms with Crippen LogP contribution in [-0.4, -0.2) is 55.6 Å². The lowest BCUT2D eigenvalue weighted by molar-refractivity contribution is -0.151. The van der Waals surface area contributed by atoms with E-state index in [2.05, 4.69) is 5.32 Å². The Morgan fingerprint density at radius 3 is 2.33 bits per heavy atom. The van der Waals surface area contributed by atoms with Crippen LogP contribution in [0.25, 0.3) is 0 Å². The van der Waals surface area contributed by atoms with E-state index in [0.29, 0.717) is 44.7 Å². The van der Waals surface area contributed by atoms with Crippen molar-refractivity contribution < 1.29 is 23.9 Å². The van der Waals surface area contributed by atoms with Gasteiger partial charge in [-0.15, -0.1) is 0 Å². The number of rotatable bonds is 8. The van der Waals surface area contributed by atoms with E-state index in [1.165, 1.54) is 0 Å². The Balaban J connectivity index is 1.76. The molecule has 0 spiro atoms. The number of carbonyl (C=O) groups excluding carboxylic acids is 3. The Labute approximate surface area is 160 Å². The van der Waals surface area contributed by atoms with Crippen LogP contribution in [0.1, 0.15) is 43.5 Å². The molecule has 1 aromatic rings. The number of benzene rings is 1. The second-order valence-corrected chi connectivity index (χ2v) is 6.47. The Bertz CT molecular complexity index is 636. The molecule has 7 nitrogen and oxygen atoms in total. The van der Waals surface area contributed by atoms with Gasteiger partial charge in [0, 0.05) is 18.8 Å². The first-order chi connectivity index (χ1) is 13.0. The van der Waals surface area contributed by atoms with Crippen LogP contribution >= 0.6 is 0 Å². The minimum absolute atomic E-state index is 0.0104. The van der Waals surface area contributed by atoms with Gasteiger partial charge in [-0.25, -0.2) is 4.79 Å². The number of nitrogens with one attached hydrogen (secondary N) is 1. The van der Waals surface area contributed by atoms with Gasteiger partial charge in [-0.1, -0.05) is 6.92 Å². The van der Waals surface area contributed by atoms with Crippen molar-refractivity contribution >= 4 is 23.5 Å². The van der Waals surface area contributed by atoms with Crippen molar-refractivity contribution in [3.8, 4) is 0 Å². The van der Waals surface area contributed by atoms with Gasteiger partial charge in [0.05, 0.1) is 31.2 Å². The number of likely N-dealkylation sites (tertiary alicyclic amines) is 1. The summed E-state index contributed by atoms with van der Waals surface area (Å²) in [7, 11) is 0. The lowest BCUT2D eigenvalue weighted by Gasteiger charge is -2.31. The van der Waals surface area contributed by atoms with Crippen LogP contribution in [-0.2, 0) is 19.1 Å². The molecular formula is C20H28N2O5. The maximum Gasteiger partial charge on any atom is 0.338 e. The third-order valence-electron chi connectivity index (χ3n) is 4.47. The zero-order valence-corrected chi connectivity index (χ0v) is 16.0. The summed E-state index contributed by atoms with van der Waals surface area (Å²) in [5, 5.41) is 3.07. The quantitative estimate of drug-likeness (QED) is 0.702. The molecule has 0 saturated carbocycles. The summed E-state index contributed by atoms with van der Waals surface area (Å²) in [4.78, 5) is 37.6. The maximum atomic E-state index is 12.3. The van der Waals surface area contributed by atoms with Gasteiger partial charge in [0.25, 0.3) is 0 Å². The van der Waals surface area contributed by atoms with Crippen LogP contribution in [0.4, 0.5) is 5.69 Å². The third-order valence-corrected chi connectivity index (χ3v) is 4.47. The fourth-order valence-corrected chi connectivity index (χ4v) is 2.92. The number of carbonyl (C=O) groups is 3. The molecule has 0 atom stereocenters. The average Bonchev–Trinajstić information content (AvgIpc) is 2.71. The van der Waals surface area contributed by atoms with Crippen LogP contribution in [0.5, 0.6) is 0 Å². The van der Waals surface area contributed by atoms with Crippen molar-refractivity contribution in [2.75, 3.05) is 38.2 Å². The molecule has 1 fully saturated rings. The van der Waals surface area contributed by atoms with Gasteiger partial charge in [0.1, 0.15) is 0 Å². The molecule has 2 rings (SSSR count). The van der Waals surface area contributed by atoms with E-state index in [1.807, 2.05) is 6.92 Å². The van der Waals surface area contributed by atoms with Crippen LogP contribution in [0, 0.1) is 5.92 Å². The second-order valence-electron chi connectivity index (χ2n) is 6.47. The number of hydrogen-bond donors (Lipinski definition) is 1. The van der Waals surface area contributed by atoms with Crippen LogP contribution in [0.2, 0.25) is 0 Å². The van der Waals surface area contributed by atoms with Crippen molar-refractivity contribution in [1.82, 2.24) is 4.90 Å². The van der Waals surface area contributed by atoms with Crippen molar-refractivity contribution in [3.05, 3.63) is 29.8 Å². The molecule has 0 bridgehead atoms. The van der Waals surface area contributed by atoms with E-state index in [1.54, 1.807) is 36.1 Å². The lowest BCUT2D eigenvalue weighted by Crippen LogP contribution is -2.43. The lowest BCUT2D eigenvalue weighted by atomic mass is 9.97. The maximum absolute atomic E-state index is 12.3. The number of nitrogens with zero attached hydrogens (tertiary/aromatic N) is 1. The largest absolute Gasteiger partial charge is 0.466 e. The zero-order chi connectivity index (χ0) is 19.6. The minimum Gasteiger partial charge on any atom is -0.466 e. The Hall–Kier alpha value is -2.57. The van der Waals surface area contributed by atoms with E-state index in [4.69, 9.17) is 9.47 Å². The SMILES string of the molecule is CCCOC(=O)c1ccc(NCC(=O)N2CCC(C(=O)OCC)CC2)cc1. The smallest absolute Gasteiger partial charge is 0.338 e. The molecule has 0 aromatic heterocycles. The highest BCUT2D eigenvalue weighted by atomic mass is 16.5. The molecule has 1 aliphatic rings. The van der Waals surface area contributed by atoms with Crippen LogP contribution < -0.4 is 5.32 Å². The first kappa shape index (κ1) is 20.7. The minimum atomic E-state index is -0.344. The molecule has 148 valence electrons. The fourth-order valence-electron chi connectivity index (χ4n) is 2.92. The normalized spacial score (nSPS) is 14.5. The first-order valence-electron chi connectivity index (χ1n) is 9.50. The molecule has 1 heterocycles. The summed E-state index contributed by atoms with van der Waals surface area (Å²) >= 11 is 0. The molecule has 0 aliphatic carbocycles. The van der Waals surface area contributed by atoms with E-state index >= 15 is 0 Å². The fraction of sp³-hybridized carbons (Fsp3) is 0.550. The van der Waals surface area contributed by atoms with Crippen molar-refractivity contribution in [3.63, 3.8) is 0 Å². The van der Waals surface area contributed by atoms with Crippen molar-refractivity contribution in [2.24, 2.45) is 5.92 Å². The van der Waals surface area contributed by atoms with Crippen LogP contribution in [0.3, 0.4) is 0 Å². The highest BCUT2D eigenvalue weighted by Gasteiger charge is 2.27. The highest BCUT2D eigenvalue weighted by Crippen LogP contribution is 2.19. The number of anilines is 1. The second kappa shape index (κ2) is 10.5. The zero-order valence-electron chi connectivity index (χ0n) is 16.0. The van der Waals surface area contributed by atoms with E-state index in [0.717, 1.165) is 12.1 Å². The van der Waals surface area contributed by atoms with Gasteiger partial charge < -0.3 is 19.7 Å². The molecule has 0 radical (unpaired) electrons. The van der Waals surface area contributed by atoms with Crippen molar-refractivity contribution in [1.29, 1.82) is 0 Å². The Morgan fingerprint density at radius 2 is 1.74 bits per heavy atom. The summed E-state index contributed by atoms with van der Waals surface area (Å²) in [6.07, 6.45) is 2.06. The molecule has 1 amide bonds. The average molecular weight is 376 g/mol. The topological polar surface area (TPSA) is 84.9 Å². The molecular weight excluding hydrogens is 348 g/mol. The van der Waals surface area contributed by atoms with Gasteiger partial charge in [-0.2, -0.15) is 0 Å². The molecule has 0 unspecified atom stereocenters. The number of hydrogen-bond acceptors (Lipinski definition) is 6. The summed E-state index contributed by atoms with van der Waals surface area (Å²) < 4.78 is 10.1. The summed E-state index contributed by atoms with van der Waals surface area (Å²) in [5.74, 6) is -0.630. The molecule has 27 heavy (non-hydrogen) atoms. The Kier molecular flexibility index (Phi) is 8.10. The van der Waals surface area contributed by atoms with E-state index < -0.39 is 0 Å². The molecule has 1 aliphatic heterocycles. The molecule has 1 aromatic carbocycles. The summed E-state index contributed by atoms with van der Waals surface area (Å²) in [6, 6.07) is 6.86. The number of ether oxygens (including phenoxy) is 2. The molecule has 7 heteroatoms. The van der Waals surface area contributed by atoms with E-state index in [-0.39, 0.29) is 30.3 Å². The monoisotopic (exact) mass is 376 g/mol. The predicted molar refractivity (Wildman–Crippen MR) is 101 cm³/mol. The number of piperidine rings is 1. The standard InChI is InChI=1S/C20H28N2O5/c1-3-13-27-20(25)15-5-7-17(8-6-15)21-14-18(23)22-11-9-16(10-12-22)19(24)26-4-2/h5-8,16,21H,3-4,9-14H2,1-2H3. The summed E-state index contributed by atoms with van der Waals surface area (Å²) in [5.41, 5.74) is 1.25. The molecule has 1 saturated heterocycles. The van der Waals surface area contributed by atoms with Crippen molar-refractivity contribution in [2.45, 2.75) is 33.1 Å². The third kappa shape index (κ3) is 6.27. The van der Waals surface area contributed by atoms with E-state index in [9.17, 15) is 14.4 Å². The number of amides is 1. The van der Waals surface area contributed by atoms with Crippen LogP contribution in [0.15, 0.2) is 24.3 Å². The van der Waals surface area contributed by atoms with Gasteiger partial charge in [-0.3, -0.25) is 9.59 Å². The number of esters is 2. The first-order valence-corrected chi connectivity index (χ1v) is 9.50. The van der Waals surface area contributed by atoms with Gasteiger partial charge in [-0.05, 0) is 50.5 Å². The summed E-state index contributed by atoms with van der Waals surface area (Å²) in [6.45, 7) is 5.82. The highest BCUT2D eigenvalue weighted by molar-refractivity contribution is 5.90.